The summed E-state index contributed by atoms with van der Waals surface area (Å²) in [5.41, 5.74) is 2.89. The van der Waals surface area contributed by atoms with Crippen molar-refractivity contribution < 1.29 is 14.0 Å². The third kappa shape index (κ3) is 5.64. The molecule has 3 amide bonds. The van der Waals surface area contributed by atoms with E-state index in [1.807, 2.05) is 6.92 Å². The molecule has 0 aliphatic rings. The molecular formula is C15H15ClN4O3S. The maximum Gasteiger partial charge on any atom is 0.339 e. The standard InChI is InChI=1S/C15H15ClN4O3S/c1-2-24-15(18-13(21)12-4-3-9-23-12)20-19-14(22)17-11-7-5-10(16)6-8-11/h3-9H,2H2,1H3,(H2,17,19,22)(H,18,20,21). The van der Waals surface area contributed by atoms with Gasteiger partial charge in [-0.3, -0.25) is 10.1 Å². The fourth-order valence-corrected chi connectivity index (χ4v) is 2.27. The van der Waals surface area contributed by atoms with Crippen LogP contribution >= 0.6 is 23.4 Å². The number of benzene rings is 1. The maximum atomic E-state index is 11.9. The van der Waals surface area contributed by atoms with E-state index in [0.29, 0.717) is 16.5 Å². The molecule has 9 heteroatoms. The minimum absolute atomic E-state index is 0.157. The molecule has 0 saturated heterocycles. The van der Waals surface area contributed by atoms with Gasteiger partial charge in [-0.05, 0) is 42.2 Å². The Labute approximate surface area is 147 Å². The molecule has 2 aromatic rings. The van der Waals surface area contributed by atoms with Crippen molar-refractivity contribution in [1.82, 2.24) is 10.7 Å². The zero-order valence-corrected chi connectivity index (χ0v) is 14.3. The minimum Gasteiger partial charge on any atom is -0.459 e. The summed E-state index contributed by atoms with van der Waals surface area (Å²) < 4.78 is 5.00. The van der Waals surface area contributed by atoms with Gasteiger partial charge in [0, 0.05) is 10.7 Å². The summed E-state index contributed by atoms with van der Waals surface area (Å²) in [6.45, 7) is 1.90. The molecule has 0 atom stereocenters. The molecular weight excluding hydrogens is 352 g/mol. The highest BCUT2D eigenvalue weighted by Crippen LogP contribution is 2.13. The maximum absolute atomic E-state index is 11.9. The second-order valence-corrected chi connectivity index (χ2v) is 6.04. The Bertz CT molecular complexity index is 717. The first-order chi connectivity index (χ1) is 11.6. The Morgan fingerprint density at radius 3 is 2.62 bits per heavy atom. The van der Waals surface area contributed by atoms with Crippen molar-refractivity contribution in [1.29, 1.82) is 0 Å². The van der Waals surface area contributed by atoms with Crippen LogP contribution in [0.15, 0.2) is 52.2 Å². The summed E-state index contributed by atoms with van der Waals surface area (Å²) in [6.07, 6.45) is 1.40. The highest BCUT2D eigenvalue weighted by Gasteiger charge is 2.12. The van der Waals surface area contributed by atoms with Crippen molar-refractivity contribution >= 4 is 46.2 Å². The first-order valence-electron chi connectivity index (χ1n) is 6.96. The third-order valence-corrected chi connectivity index (χ3v) is 3.62. The van der Waals surface area contributed by atoms with Gasteiger partial charge in [0.05, 0.1) is 6.26 Å². The van der Waals surface area contributed by atoms with Crippen molar-refractivity contribution in [2.45, 2.75) is 6.92 Å². The van der Waals surface area contributed by atoms with Gasteiger partial charge < -0.3 is 9.73 Å². The van der Waals surface area contributed by atoms with Crippen LogP contribution in [-0.2, 0) is 0 Å². The molecule has 0 unspecified atom stereocenters. The quantitative estimate of drug-likeness (QED) is 0.438. The van der Waals surface area contributed by atoms with E-state index in [1.54, 1.807) is 30.3 Å². The van der Waals surface area contributed by atoms with Gasteiger partial charge in [-0.15, -0.1) is 5.10 Å². The SMILES string of the molecule is CCS/C(=N/NC(=O)Nc1ccc(Cl)cc1)NC(=O)c1ccco1. The van der Waals surface area contributed by atoms with E-state index in [1.165, 1.54) is 24.1 Å². The number of carbonyl (C=O) groups excluding carboxylic acids is 2. The molecule has 126 valence electrons. The molecule has 0 aliphatic carbocycles. The Kier molecular flexibility index (Phi) is 6.71. The summed E-state index contributed by atoms with van der Waals surface area (Å²) >= 11 is 7.04. The van der Waals surface area contributed by atoms with Gasteiger partial charge in [-0.25, -0.2) is 10.2 Å². The van der Waals surface area contributed by atoms with Gasteiger partial charge >= 0.3 is 6.03 Å². The zero-order valence-electron chi connectivity index (χ0n) is 12.7. The largest absolute Gasteiger partial charge is 0.459 e. The number of amides is 3. The lowest BCUT2D eigenvalue weighted by atomic mass is 10.3. The van der Waals surface area contributed by atoms with E-state index in [9.17, 15) is 9.59 Å². The topological polar surface area (TPSA) is 95.7 Å². The van der Waals surface area contributed by atoms with Crippen LogP contribution in [0.25, 0.3) is 0 Å². The number of amidine groups is 1. The summed E-state index contributed by atoms with van der Waals surface area (Å²) in [5.74, 6) is 0.377. The number of hydrogen-bond donors (Lipinski definition) is 3. The number of halogens is 1. The lowest BCUT2D eigenvalue weighted by Crippen LogP contribution is -2.32. The Morgan fingerprint density at radius 2 is 2.00 bits per heavy atom. The lowest BCUT2D eigenvalue weighted by molar-refractivity contribution is 0.0950. The van der Waals surface area contributed by atoms with E-state index < -0.39 is 11.9 Å². The van der Waals surface area contributed by atoms with Gasteiger partial charge in [0.15, 0.2) is 10.9 Å². The van der Waals surface area contributed by atoms with Crippen LogP contribution in [0.3, 0.4) is 0 Å². The summed E-state index contributed by atoms with van der Waals surface area (Å²) in [6, 6.07) is 9.22. The van der Waals surface area contributed by atoms with Gasteiger partial charge in [-0.2, -0.15) is 0 Å². The lowest BCUT2D eigenvalue weighted by Gasteiger charge is -2.07. The average molecular weight is 367 g/mol. The van der Waals surface area contributed by atoms with Crippen molar-refractivity contribution in [3.63, 3.8) is 0 Å². The summed E-state index contributed by atoms with van der Waals surface area (Å²) in [4.78, 5) is 23.7. The average Bonchev–Trinajstić information content (AvgIpc) is 3.09. The van der Waals surface area contributed by atoms with Gasteiger partial charge in [-0.1, -0.05) is 30.3 Å². The fourth-order valence-electron chi connectivity index (χ4n) is 1.59. The number of carbonyl (C=O) groups is 2. The summed E-state index contributed by atoms with van der Waals surface area (Å²) in [5, 5.41) is 9.88. The molecule has 0 aliphatic heterocycles. The summed E-state index contributed by atoms with van der Waals surface area (Å²) in [7, 11) is 0. The second kappa shape index (κ2) is 8.99. The van der Waals surface area contributed by atoms with Crippen LogP contribution in [0.1, 0.15) is 17.5 Å². The highest BCUT2D eigenvalue weighted by molar-refractivity contribution is 8.13. The minimum atomic E-state index is -0.543. The molecule has 2 rings (SSSR count). The molecule has 0 spiro atoms. The second-order valence-electron chi connectivity index (χ2n) is 4.35. The van der Waals surface area contributed by atoms with E-state index in [4.69, 9.17) is 16.0 Å². The van der Waals surface area contributed by atoms with Crippen LogP contribution in [0, 0.1) is 0 Å². The van der Waals surface area contributed by atoms with Gasteiger partial charge in [0.1, 0.15) is 0 Å². The molecule has 1 heterocycles. The van der Waals surface area contributed by atoms with Crippen LogP contribution in [0.4, 0.5) is 10.5 Å². The molecule has 0 saturated carbocycles. The molecule has 24 heavy (non-hydrogen) atoms. The molecule has 3 N–H and O–H groups in total. The Hall–Kier alpha value is -2.45. The van der Waals surface area contributed by atoms with Crippen molar-refractivity contribution in [2.75, 3.05) is 11.1 Å². The van der Waals surface area contributed by atoms with Crippen molar-refractivity contribution in [3.05, 3.63) is 53.4 Å². The number of hydrogen-bond acceptors (Lipinski definition) is 5. The number of urea groups is 1. The van der Waals surface area contributed by atoms with Gasteiger partial charge in [0.2, 0.25) is 0 Å². The predicted molar refractivity (Wildman–Crippen MR) is 95.3 cm³/mol. The van der Waals surface area contributed by atoms with Crippen molar-refractivity contribution in [3.8, 4) is 0 Å². The number of furan rings is 1. The molecule has 7 nitrogen and oxygen atoms in total. The monoisotopic (exact) mass is 366 g/mol. The number of anilines is 1. The molecule has 0 fully saturated rings. The predicted octanol–water partition coefficient (Wildman–Crippen LogP) is 3.51. The molecule has 1 aromatic carbocycles. The van der Waals surface area contributed by atoms with E-state index in [-0.39, 0.29) is 10.9 Å². The molecule has 0 bridgehead atoms. The van der Waals surface area contributed by atoms with Gasteiger partial charge in [0.25, 0.3) is 5.91 Å². The van der Waals surface area contributed by atoms with E-state index in [2.05, 4.69) is 21.2 Å². The number of hydrazone groups is 1. The zero-order chi connectivity index (χ0) is 17.4. The smallest absolute Gasteiger partial charge is 0.339 e. The van der Waals surface area contributed by atoms with Crippen LogP contribution in [0.2, 0.25) is 5.02 Å². The van der Waals surface area contributed by atoms with Crippen molar-refractivity contribution in [2.24, 2.45) is 5.10 Å². The fraction of sp³-hybridized carbons (Fsp3) is 0.133. The highest BCUT2D eigenvalue weighted by atomic mass is 35.5. The number of rotatable bonds is 4. The first kappa shape index (κ1) is 17.9. The molecule has 1 aromatic heterocycles. The molecule has 0 radical (unpaired) electrons. The normalized spacial score (nSPS) is 11.0. The van der Waals surface area contributed by atoms with Crippen LogP contribution in [-0.4, -0.2) is 22.9 Å². The van der Waals surface area contributed by atoms with Crippen LogP contribution in [0.5, 0.6) is 0 Å². The number of thioether (sulfide) groups is 1. The number of nitrogens with zero attached hydrogens (tertiary/aromatic N) is 1. The first-order valence-corrected chi connectivity index (χ1v) is 8.32. The Balaban J connectivity index is 1.93. The van der Waals surface area contributed by atoms with E-state index >= 15 is 0 Å². The van der Waals surface area contributed by atoms with Crippen LogP contribution < -0.4 is 16.1 Å². The Morgan fingerprint density at radius 1 is 1.25 bits per heavy atom. The third-order valence-electron chi connectivity index (χ3n) is 2.61. The van der Waals surface area contributed by atoms with E-state index in [0.717, 1.165) is 0 Å². The number of nitrogens with one attached hydrogen (secondary N) is 3.